The summed E-state index contributed by atoms with van der Waals surface area (Å²) in [7, 11) is 0. The molecule has 2 heterocycles. The molecule has 0 aliphatic carbocycles. The van der Waals surface area contributed by atoms with Gasteiger partial charge >= 0.3 is 0 Å². The lowest BCUT2D eigenvalue weighted by Crippen LogP contribution is -2.43. The van der Waals surface area contributed by atoms with Gasteiger partial charge in [-0.1, -0.05) is 12.1 Å². The number of benzene rings is 1. The zero-order valence-corrected chi connectivity index (χ0v) is 15.5. The first kappa shape index (κ1) is 18.9. The number of hydrogen-bond donors (Lipinski definition) is 0. The predicted molar refractivity (Wildman–Crippen MR) is 99.1 cm³/mol. The van der Waals surface area contributed by atoms with Gasteiger partial charge in [-0.05, 0) is 62.1 Å². The van der Waals surface area contributed by atoms with Gasteiger partial charge in [-0.2, -0.15) is 0 Å². The molecule has 0 spiro atoms. The van der Waals surface area contributed by atoms with Crippen LogP contribution in [0.5, 0.6) is 0 Å². The highest BCUT2D eigenvalue weighted by atomic mass is 19.1. The molecule has 0 N–H and O–H groups in total. The van der Waals surface area contributed by atoms with E-state index in [9.17, 15) is 14.0 Å². The first-order valence-corrected chi connectivity index (χ1v) is 9.92. The van der Waals surface area contributed by atoms with E-state index in [1.54, 1.807) is 12.1 Å². The maximum absolute atomic E-state index is 13.3. The summed E-state index contributed by atoms with van der Waals surface area (Å²) in [6.45, 7) is 2.97. The minimum atomic E-state index is -0.185. The van der Waals surface area contributed by atoms with Crippen molar-refractivity contribution in [3.05, 3.63) is 35.6 Å². The van der Waals surface area contributed by atoms with E-state index >= 15 is 0 Å². The molecule has 2 saturated heterocycles. The molecule has 1 unspecified atom stereocenters. The van der Waals surface area contributed by atoms with Gasteiger partial charge in [-0.25, -0.2) is 4.39 Å². The highest BCUT2D eigenvalue weighted by molar-refractivity contribution is 5.79. The number of carbonyl (C=O) groups is 2. The van der Waals surface area contributed by atoms with Crippen LogP contribution < -0.4 is 0 Å². The number of nitrogens with zero attached hydrogens (tertiary/aromatic N) is 2. The topological polar surface area (TPSA) is 40.6 Å². The summed E-state index contributed by atoms with van der Waals surface area (Å²) in [5.74, 6) is 0.650. The average molecular weight is 360 g/mol. The lowest BCUT2D eigenvalue weighted by molar-refractivity contribution is -0.136. The number of likely N-dealkylation sites (tertiary alicyclic amines) is 2. The number of piperidine rings is 2. The van der Waals surface area contributed by atoms with Gasteiger partial charge in [0.05, 0.1) is 0 Å². The molecule has 0 saturated carbocycles. The fraction of sp³-hybridized carbons (Fsp3) is 0.619. The van der Waals surface area contributed by atoms with Gasteiger partial charge in [0.1, 0.15) is 5.82 Å². The smallest absolute Gasteiger partial charge is 0.224 e. The molecule has 26 heavy (non-hydrogen) atoms. The maximum atomic E-state index is 13.3. The van der Waals surface area contributed by atoms with Crippen molar-refractivity contribution < 1.29 is 14.0 Å². The highest BCUT2D eigenvalue weighted by Crippen LogP contribution is 2.22. The van der Waals surface area contributed by atoms with Crippen LogP contribution >= 0.6 is 0 Å². The van der Waals surface area contributed by atoms with Crippen LogP contribution in [-0.4, -0.2) is 47.8 Å². The Bertz CT molecular complexity index is 634. The van der Waals surface area contributed by atoms with Crippen molar-refractivity contribution in [2.75, 3.05) is 26.2 Å². The molecule has 1 aromatic carbocycles. The second kappa shape index (κ2) is 9.15. The molecular formula is C21H29FN2O2. The number of carbonyl (C=O) groups excluding carboxylic acids is 2. The molecule has 2 amide bonds. The summed E-state index contributed by atoms with van der Waals surface area (Å²) < 4.78 is 13.3. The van der Waals surface area contributed by atoms with E-state index in [1.165, 1.54) is 6.07 Å². The van der Waals surface area contributed by atoms with E-state index < -0.39 is 0 Å². The van der Waals surface area contributed by atoms with E-state index in [-0.39, 0.29) is 17.6 Å². The number of amides is 2. The molecule has 2 aliphatic rings. The molecular weight excluding hydrogens is 331 g/mol. The molecule has 1 aromatic rings. The Labute approximate surface area is 155 Å². The Morgan fingerprint density at radius 1 is 1.19 bits per heavy atom. The molecule has 3 rings (SSSR count). The summed E-state index contributed by atoms with van der Waals surface area (Å²) >= 11 is 0. The fourth-order valence-corrected chi connectivity index (χ4v) is 4.08. The van der Waals surface area contributed by atoms with Crippen molar-refractivity contribution in [1.82, 2.24) is 9.80 Å². The maximum Gasteiger partial charge on any atom is 0.224 e. The number of aryl methyl sites for hydroxylation is 1. The van der Waals surface area contributed by atoms with Gasteiger partial charge in [0.2, 0.25) is 11.8 Å². The Morgan fingerprint density at radius 2 is 2.08 bits per heavy atom. The molecule has 0 aromatic heterocycles. The Hall–Kier alpha value is -1.91. The summed E-state index contributed by atoms with van der Waals surface area (Å²) in [5, 5.41) is 0. The van der Waals surface area contributed by atoms with E-state index in [4.69, 9.17) is 0 Å². The van der Waals surface area contributed by atoms with Crippen LogP contribution in [0.4, 0.5) is 4.39 Å². The van der Waals surface area contributed by atoms with Crippen LogP contribution in [0.25, 0.3) is 0 Å². The van der Waals surface area contributed by atoms with Crippen LogP contribution in [-0.2, 0) is 16.0 Å². The minimum Gasteiger partial charge on any atom is -0.342 e. The van der Waals surface area contributed by atoms with Crippen molar-refractivity contribution >= 4 is 11.8 Å². The summed E-state index contributed by atoms with van der Waals surface area (Å²) in [6, 6.07) is 6.78. The van der Waals surface area contributed by atoms with Gasteiger partial charge in [-0.3, -0.25) is 9.59 Å². The molecule has 2 aliphatic heterocycles. The minimum absolute atomic E-state index is 0.166. The van der Waals surface area contributed by atoms with E-state index in [1.807, 2.05) is 15.9 Å². The number of hydrogen-bond acceptors (Lipinski definition) is 2. The van der Waals surface area contributed by atoms with Gasteiger partial charge in [-0.15, -0.1) is 0 Å². The van der Waals surface area contributed by atoms with Gasteiger partial charge < -0.3 is 9.80 Å². The molecule has 0 radical (unpaired) electrons. The lowest BCUT2D eigenvalue weighted by atomic mass is 9.91. The monoisotopic (exact) mass is 360 g/mol. The standard InChI is InChI=1S/C21H29FN2O2/c22-19-7-3-5-17(15-19)9-10-18-6-4-13-24(16-18)21(26)11-14-23-12-2-1-8-20(23)25/h3,5,7,15,18H,1-2,4,6,8-14,16H2. The highest BCUT2D eigenvalue weighted by Gasteiger charge is 2.25. The molecule has 0 bridgehead atoms. The summed E-state index contributed by atoms with van der Waals surface area (Å²) in [4.78, 5) is 28.2. The summed E-state index contributed by atoms with van der Waals surface area (Å²) in [5.41, 5.74) is 1.03. The average Bonchev–Trinajstić information content (AvgIpc) is 2.66. The van der Waals surface area contributed by atoms with Gasteiger partial charge in [0, 0.05) is 39.0 Å². The predicted octanol–water partition coefficient (Wildman–Crippen LogP) is 3.40. The molecule has 2 fully saturated rings. The normalized spacial score (nSPS) is 21.1. The molecule has 4 nitrogen and oxygen atoms in total. The lowest BCUT2D eigenvalue weighted by Gasteiger charge is -2.34. The summed E-state index contributed by atoms with van der Waals surface area (Å²) in [6.07, 6.45) is 7.08. The quantitative estimate of drug-likeness (QED) is 0.780. The Balaban J connectivity index is 1.43. The van der Waals surface area contributed by atoms with Gasteiger partial charge in [0.25, 0.3) is 0 Å². The van der Waals surface area contributed by atoms with Crippen LogP contribution in [0, 0.1) is 11.7 Å². The molecule has 5 heteroatoms. The van der Waals surface area contributed by atoms with Crippen molar-refractivity contribution in [1.29, 1.82) is 0 Å². The zero-order chi connectivity index (χ0) is 18.4. The van der Waals surface area contributed by atoms with Crippen molar-refractivity contribution in [2.24, 2.45) is 5.92 Å². The van der Waals surface area contributed by atoms with Crippen LogP contribution in [0.3, 0.4) is 0 Å². The van der Waals surface area contributed by atoms with E-state index in [0.29, 0.717) is 25.3 Å². The number of halogens is 1. The third-order valence-electron chi connectivity index (χ3n) is 5.62. The van der Waals surface area contributed by atoms with Crippen molar-refractivity contribution in [2.45, 2.75) is 51.4 Å². The van der Waals surface area contributed by atoms with Crippen LogP contribution in [0.2, 0.25) is 0 Å². The molecule has 142 valence electrons. The van der Waals surface area contributed by atoms with Gasteiger partial charge in [0.15, 0.2) is 0 Å². The fourth-order valence-electron chi connectivity index (χ4n) is 4.08. The van der Waals surface area contributed by atoms with Crippen LogP contribution in [0.15, 0.2) is 24.3 Å². The van der Waals surface area contributed by atoms with Crippen LogP contribution in [0.1, 0.15) is 50.5 Å². The van der Waals surface area contributed by atoms with Crippen molar-refractivity contribution in [3.8, 4) is 0 Å². The van der Waals surface area contributed by atoms with E-state index in [0.717, 1.165) is 63.7 Å². The third-order valence-corrected chi connectivity index (χ3v) is 5.62. The van der Waals surface area contributed by atoms with E-state index in [2.05, 4.69) is 0 Å². The Kier molecular flexibility index (Phi) is 6.64. The number of rotatable bonds is 6. The zero-order valence-electron chi connectivity index (χ0n) is 15.5. The second-order valence-electron chi connectivity index (χ2n) is 7.60. The second-order valence-corrected chi connectivity index (χ2v) is 7.60. The SMILES string of the molecule is O=C1CCCCN1CCC(=O)N1CCCC(CCc2cccc(F)c2)C1. The largest absolute Gasteiger partial charge is 0.342 e. The molecule has 1 atom stereocenters. The first-order valence-electron chi connectivity index (χ1n) is 9.92. The Morgan fingerprint density at radius 3 is 2.88 bits per heavy atom. The first-order chi connectivity index (χ1) is 12.6. The third kappa shape index (κ3) is 5.29. The van der Waals surface area contributed by atoms with Crippen molar-refractivity contribution in [3.63, 3.8) is 0 Å².